The zero-order chi connectivity index (χ0) is 61.0. The van der Waals surface area contributed by atoms with Crippen LogP contribution in [0.1, 0.15) is 205 Å². The van der Waals surface area contributed by atoms with Gasteiger partial charge in [0, 0.05) is 26.2 Å². The maximum atomic E-state index is 14.6. The molecule has 0 spiro atoms. The normalized spacial score (nSPS) is 22.8. The third-order valence-electron chi connectivity index (χ3n) is 16.6. The van der Waals surface area contributed by atoms with Crippen LogP contribution in [0.4, 0.5) is 14.4 Å². The van der Waals surface area contributed by atoms with Gasteiger partial charge in [0.15, 0.2) is 0 Å². The molecule has 2 aliphatic heterocycles. The van der Waals surface area contributed by atoms with E-state index in [-0.39, 0.29) is 37.5 Å². The summed E-state index contributed by atoms with van der Waals surface area (Å²) in [4.78, 5) is 98.0. The first kappa shape index (κ1) is 67.6. The van der Waals surface area contributed by atoms with Crippen molar-refractivity contribution in [2.75, 3.05) is 26.2 Å². The lowest BCUT2D eigenvalue weighted by Gasteiger charge is -2.64. The zero-order valence-electron chi connectivity index (χ0n) is 52.5. The molecule has 8 amide bonds. The van der Waals surface area contributed by atoms with Gasteiger partial charge in [0.25, 0.3) is 0 Å². The van der Waals surface area contributed by atoms with Crippen LogP contribution in [0.15, 0.2) is 24.3 Å². The molecule has 0 unspecified atom stereocenters. The van der Waals surface area contributed by atoms with E-state index in [1.54, 1.807) is 53.4 Å². The smallest absolute Gasteiger partial charge is 0.444 e. The van der Waals surface area contributed by atoms with Crippen molar-refractivity contribution in [2.45, 2.75) is 265 Å². The number of carbonyl (C=O) groups is 7. The highest BCUT2D eigenvalue weighted by molar-refractivity contribution is 6.47. The summed E-state index contributed by atoms with van der Waals surface area (Å²) < 4.78 is 30.1. The van der Waals surface area contributed by atoms with E-state index < -0.39 is 108 Å². The van der Waals surface area contributed by atoms with Gasteiger partial charge in [0.05, 0.1) is 29.4 Å². The molecule has 10 atom stereocenters. The summed E-state index contributed by atoms with van der Waals surface area (Å²) in [5, 5.41) is 20.0. The van der Waals surface area contributed by atoms with Crippen molar-refractivity contribution >= 4 is 49.0 Å². The number of likely N-dealkylation sites (tertiary alicyclic amines) is 1. The number of amides is 8. The fourth-order valence-electron chi connectivity index (χ4n) is 11.9. The summed E-state index contributed by atoms with van der Waals surface area (Å²) in [6, 6.07) is 3.67. The molecule has 3 aliphatic carbocycles. The molecule has 3 saturated carbocycles. The van der Waals surface area contributed by atoms with Crippen LogP contribution >= 0.6 is 0 Å². The first-order valence-corrected chi connectivity index (χ1v) is 30.5. The highest BCUT2D eigenvalue weighted by Crippen LogP contribution is 2.65. The van der Waals surface area contributed by atoms with Gasteiger partial charge in [-0.05, 0) is 201 Å². The van der Waals surface area contributed by atoms with E-state index >= 15 is 0 Å². The number of rotatable bonds is 26. The van der Waals surface area contributed by atoms with E-state index in [1.807, 2.05) is 27.7 Å². The number of aryl methyl sites for hydroxylation is 1. The highest BCUT2D eigenvalue weighted by Gasteiger charge is 2.68. The van der Waals surface area contributed by atoms with Gasteiger partial charge >= 0.3 is 25.3 Å². The van der Waals surface area contributed by atoms with Crippen LogP contribution in [0.5, 0.6) is 0 Å². The average molecular weight is 1150 g/mol. The van der Waals surface area contributed by atoms with Gasteiger partial charge in [-0.1, -0.05) is 51.5 Å². The molecule has 1 aromatic rings. The molecule has 462 valence electrons. The van der Waals surface area contributed by atoms with Crippen LogP contribution < -0.4 is 37.2 Å². The summed E-state index contributed by atoms with van der Waals surface area (Å²) in [7, 11) is -0.707. The molecule has 6 rings (SSSR count). The SMILES string of the molecule is CCCCc1ccc(C2CCN(C(=O)N[C@@H](CCCCNC(=O)OC(C)(C)C)C(=O)N[C@H](C(=O)N[C@@H](C)C(=O)N[C@@H](CCCCNC(=O)OC(C)(C)C)C(=O)N[C@@H](C)B3O[C@@H]4C[C@@H]5C[C@@H](C5(C)C)[C@]4(C)O3)[C@@H](C)OC(C)(C)C)CC2)cc1. The molecular formula is C61H103BN8O12. The monoisotopic (exact) mass is 1150 g/mol. The molecule has 2 heterocycles. The molecule has 1 aromatic carbocycles. The molecule has 5 aliphatic rings. The lowest BCUT2D eigenvalue weighted by atomic mass is 9.43. The predicted octanol–water partition coefficient (Wildman–Crippen LogP) is 8.13. The topological polar surface area (TPSA) is 253 Å². The summed E-state index contributed by atoms with van der Waals surface area (Å²) in [5.74, 6) is -1.92. The first-order chi connectivity index (χ1) is 38.2. The first-order valence-electron chi connectivity index (χ1n) is 30.5. The van der Waals surface area contributed by atoms with E-state index in [0.717, 1.165) is 44.9 Å². The van der Waals surface area contributed by atoms with Crippen LogP contribution in [0.2, 0.25) is 0 Å². The number of nitrogens with one attached hydrogen (secondary N) is 7. The zero-order valence-corrected chi connectivity index (χ0v) is 52.5. The van der Waals surface area contributed by atoms with Crippen molar-refractivity contribution in [2.24, 2.45) is 17.3 Å². The lowest BCUT2D eigenvalue weighted by Crippen LogP contribution is -2.65. The molecule has 7 N–H and O–H groups in total. The minimum Gasteiger partial charge on any atom is -0.444 e. The van der Waals surface area contributed by atoms with Gasteiger partial charge in [0.1, 0.15) is 35.4 Å². The van der Waals surface area contributed by atoms with Crippen LogP contribution in [-0.2, 0) is 49.1 Å². The van der Waals surface area contributed by atoms with Gasteiger partial charge in [-0.3, -0.25) is 19.2 Å². The second-order valence-electron chi connectivity index (χ2n) is 27.3. The summed E-state index contributed by atoms with van der Waals surface area (Å²) in [5.41, 5.74) is 0.0842. The van der Waals surface area contributed by atoms with E-state index in [0.29, 0.717) is 56.5 Å². The molecule has 82 heavy (non-hydrogen) atoms. The highest BCUT2D eigenvalue weighted by atomic mass is 16.7. The molecule has 2 saturated heterocycles. The second kappa shape index (κ2) is 29.1. The van der Waals surface area contributed by atoms with E-state index in [9.17, 15) is 33.6 Å². The Bertz CT molecular complexity index is 2310. The van der Waals surface area contributed by atoms with Gasteiger partial charge in [-0.15, -0.1) is 0 Å². The third kappa shape index (κ3) is 20.0. The van der Waals surface area contributed by atoms with Crippen molar-refractivity contribution in [3.63, 3.8) is 0 Å². The van der Waals surface area contributed by atoms with Gasteiger partial charge in [-0.2, -0.15) is 0 Å². The standard InChI is InChI=1S/C61H103BN8O12/c1-17-18-23-41-26-28-42(29-27-41)43-30-34-70(35-31-43)54(75)68-46(25-20-22-33-64-56(77)80-59(11,12)13)52(73)69-49(39(3)78-57(5,6)7)53(74)65-38(2)50(71)67-45(24-19-21-32-63-55(76)79-58(8,9)10)51(72)66-40(4)62-81-48-37-44-36-47(60(44,14)15)61(48,16)82-62/h26-29,38-40,43-49H,17-25,30-37H2,1-16H3,(H,63,76)(H,64,77)(H,65,74)(H,66,72)(H,67,71)(H,68,75)(H,69,73)/t38-,39+,40-,44-,45-,46-,47-,48+,49-,61-/m0/s1. The molecule has 2 bridgehead atoms. The number of urea groups is 1. The van der Waals surface area contributed by atoms with Crippen molar-refractivity contribution in [3.05, 3.63) is 35.4 Å². The lowest BCUT2D eigenvalue weighted by molar-refractivity contribution is -0.199. The number of ether oxygens (including phenoxy) is 3. The summed E-state index contributed by atoms with van der Waals surface area (Å²) >= 11 is 0. The van der Waals surface area contributed by atoms with E-state index in [4.69, 9.17) is 23.5 Å². The largest absolute Gasteiger partial charge is 0.481 e. The third-order valence-corrected chi connectivity index (χ3v) is 16.6. The molecule has 0 aromatic heterocycles. The Balaban J connectivity index is 1.27. The number of piperidine rings is 1. The van der Waals surface area contributed by atoms with Crippen LogP contribution in [0.3, 0.4) is 0 Å². The number of alkyl carbamates (subject to hydrolysis) is 2. The Morgan fingerprint density at radius 3 is 1.74 bits per heavy atom. The summed E-state index contributed by atoms with van der Waals surface area (Å²) in [6.45, 7) is 31.4. The number of unbranched alkanes of at least 4 members (excludes halogenated alkanes) is 3. The second-order valence-corrected chi connectivity index (χ2v) is 27.3. The molecular weight excluding hydrogens is 1050 g/mol. The Morgan fingerprint density at radius 2 is 1.22 bits per heavy atom. The fraction of sp³-hybridized carbons (Fsp3) is 0.787. The number of nitrogens with zero attached hydrogens (tertiary/aromatic N) is 1. The van der Waals surface area contributed by atoms with E-state index in [2.05, 4.69) is 89.2 Å². The Morgan fingerprint density at radius 1 is 0.671 bits per heavy atom. The molecule has 20 nitrogen and oxygen atoms in total. The van der Waals surface area contributed by atoms with Crippen molar-refractivity contribution < 1.29 is 57.1 Å². The minimum atomic E-state index is -1.34. The van der Waals surface area contributed by atoms with Gasteiger partial charge < -0.3 is 65.6 Å². The maximum Gasteiger partial charge on any atom is 0.481 e. The molecule has 0 radical (unpaired) electrons. The van der Waals surface area contributed by atoms with Gasteiger partial charge in [-0.25, -0.2) is 14.4 Å². The van der Waals surface area contributed by atoms with E-state index in [1.165, 1.54) is 18.1 Å². The van der Waals surface area contributed by atoms with Crippen molar-refractivity contribution in [3.8, 4) is 0 Å². The number of hydrogen-bond donors (Lipinski definition) is 7. The number of benzene rings is 1. The maximum absolute atomic E-state index is 14.6. The van der Waals surface area contributed by atoms with Crippen molar-refractivity contribution in [1.82, 2.24) is 42.1 Å². The molecule has 21 heteroatoms. The number of carbonyl (C=O) groups excluding carboxylic acids is 7. The minimum absolute atomic E-state index is 0.0990. The van der Waals surface area contributed by atoms with Gasteiger partial charge in [0.2, 0.25) is 23.6 Å². The molecule has 5 fully saturated rings. The van der Waals surface area contributed by atoms with Crippen LogP contribution in [0, 0.1) is 17.3 Å². The Kier molecular flexibility index (Phi) is 24.0. The van der Waals surface area contributed by atoms with Crippen LogP contribution in [-0.4, -0.2) is 145 Å². The quantitative estimate of drug-likeness (QED) is 0.0343. The van der Waals surface area contributed by atoms with Crippen LogP contribution in [0.25, 0.3) is 0 Å². The Hall–Kier alpha value is -5.15. The average Bonchev–Trinajstić information content (AvgIpc) is 3.10. The Labute approximate surface area is 490 Å². The fourth-order valence-corrected chi connectivity index (χ4v) is 11.9. The number of hydrogen-bond acceptors (Lipinski definition) is 12. The predicted molar refractivity (Wildman–Crippen MR) is 317 cm³/mol. The van der Waals surface area contributed by atoms with Crippen molar-refractivity contribution in [1.29, 1.82) is 0 Å². The summed E-state index contributed by atoms with van der Waals surface area (Å²) in [6.07, 6.45) is 6.78.